The second-order valence-electron chi connectivity index (χ2n) is 4.89. The Morgan fingerprint density at radius 2 is 2.33 bits per heavy atom. The summed E-state index contributed by atoms with van der Waals surface area (Å²) in [5, 5.41) is 2.95. The van der Waals surface area contributed by atoms with E-state index in [1.54, 1.807) is 0 Å². The topological polar surface area (TPSA) is 32.3 Å². The number of likely N-dealkylation sites (tertiary alicyclic amines) is 1. The summed E-state index contributed by atoms with van der Waals surface area (Å²) in [4.78, 5) is 14.3. The summed E-state index contributed by atoms with van der Waals surface area (Å²) in [5.41, 5.74) is 0.854. The van der Waals surface area contributed by atoms with Gasteiger partial charge in [0.25, 0.3) is 0 Å². The fraction of sp³-hybridized carbons (Fsp3) is 0.500. The van der Waals surface area contributed by atoms with Gasteiger partial charge in [0, 0.05) is 22.6 Å². The molecule has 1 unspecified atom stereocenters. The number of piperidine rings is 1. The van der Waals surface area contributed by atoms with Crippen LogP contribution in [0.1, 0.15) is 25.7 Å². The Balaban J connectivity index is 1.88. The summed E-state index contributed by atoms with van der Waals surface area (Å²) in [7, 11) is 2.11. The minimum atomic E-state index is 0.104. The molecule has 1 amide bonds. The zero-order valence-electron chi connectivity index (χ0n) is 10.7. The lowest BCUT2D eigenvalue weighted by atomic mass is 10.00. The molecule has 1 saturated heterocycles. The number of halogens is 1. The van der Waals surface area contributed by atoms with Crippen molar-refractivity contribution in [1.82, 2.24) is 4.90 Å². The molecule has 1 aliphatic rings. The number of nitrogens with one attached hydrogen (secondary N) is 1. The number of benzene rings is 1. The van der Waals surface area contributed by atoms with E-state index in [1.165, 1.54) is 12.8 Å². The van der Waals surface area contributed by atoms with Gasteiger partial charge in [0.2, 0.25) is 5.91 Å². The molecule has 0 spiro atoms. The van der Waals surface area contributed by atoms with E-state index in [-0.39, 0.29) is 5.91 Å². The molecule has 3 nitrogen and oxygen atoms in total. The van der Waals surface area contributed by atoms with Crippen LogP contribution in [0, 0.1) is 0 Å². The molecular weight excluding hydrogens is 292 g/mol. The normalized spacial score (nSPS) is 20.7. The van der Waals surface area contributed by atoms with Crippen LogP contribution in [0.3, 0.4) is 0 Å². The van der Waals surface area contributed by atoms with Gasteiger partial charge in [0.1, 0.15) is 0 Å². The van der Waals surface area contributed by atoms with Crippen molar-refractivity contribution in [2.75, 3.05) is 18.9 Å². The van der Waals surface area contributed by atoms with Crippen LogP contribution in [-0.4, -0.2) is 30.4 Å². The van der Waals surface area contributed by atoms with E-state index in [2.05, 4.69) is 33.2 Å². The van der Waals surface area contributed by atoms with Crippen LogP contribution in [0.4, 0.5) is 5.69 Å². The number of hydrogen-bond acceptors (Lipinski definition) is 2. The minimum absolute atomic E-state index is 0.104. The van der Waals surface area contributed by atoms with Crippen LogP contribution in [0.15, 0.2) is 28.7 Å². The average molecular weight is 311 g/mol. The van der Waals surface area contributed by atoms with Gasteiger partial charge in [0.15, 0.2) is 0 Å². The number of anilines is 1. The number of amides is 1. The number of carbonyl (C=O) groups is 1. The van der Waals surface area contributed by atoms with Gasteiger partial charge in [-0.3, -0.25) is 4.79 Å². The Morgan fingerprint density at radius 1 is 1.50 bits per heavy atom. The quantitative estimate of drug-likeness (QED) is 0.929. The lowest BCUT2D eigenvalue weighted by Gasteiger charge is -2.31. The third-order valence-electron chi connectivity index (χ3n) is 3.45. The molecule has 0 saturated carbocycles. The fourth-order valence-corrected chi connectivity index (χ4v) is 2.79. The molecule has 1 heterocycles. The summed E-state index contributed by atoms with van der Waals surface area (Å²) in [6.07, 6.45) is 4.20. The SMILES string of the molecule is CN1CCCCC1CC(=O)Nc1cccc(Br)c1. The number of rotatable bonds is 3. The van der Waals surface area contributed by atoms with Crippen LogP contribution in [0.25, 0.3) is 0 Å². The molecule has 1 aromatic rings. The van der Waals surface area contributed by atoms with Gasteiger partial charge >= 0.3 is 0 Å². The summed E-state index contributed by atoms with van der Waals surface area (Å²) in [6.45, 7) is 1.11. The Kier molecular flexibility index (Phi) is 4.78. The molecule has 1 fully saturated rings. The molecule has 0 aliphatic carbocycles. The maximum atomic E-state index is 12.0. The van der Waals surface area contributed by atoms with Crippen LogP contribution < -0.4 is 5.32 Å². The minimum Gasteiger partial charge on any atom is -0.326 e. The summed E-state index contributed by atoms with van der Waals surface area (Å²) >= 11 is 3.40. The van der Waals surface area contributed by atoms with Crippen molar-refractivity contribution in [3.8, 4) is 0 Å². The highest BCUT2D eigenvalue weighted by molar-refractivity contribution is 9.10. The summed E-state index contributed by atoms with van der Waals surface area (Å²) < 4.78 is 0.982. The van der Waals surface area contributed by atoms with E-state index in [0.717, 1.165) is 23.1 Å². The monoisotopic (exact) mass is 310 g/mol. The van der Waals surface area contributed by atoms with Crippen LogP contribution in [-0.2, 0) is 4.79 Å². The lowest BCUT2D eigenvalue weighted by molar-refractivity contribution is -0.117. The van der Waals surface area contributed by atoms with E-state index in [0.29, 0.717) is 12.5 Å². The predicted molar refractivity (Wildman–Crippen MR) is 77.7 cm³/mol. The van der Waals surface area contributed by atoms with Crippen LogP contribution in [0.5, 0.6) is 0 Å². The van der Waals surface area contributed by atoms with Crippen molar-refractivity contribution in [2.24, 2.45) is 0 Å². The van der Waals surface area contributed by atoms with E-state index in [1.807, 2.05) is 24.3 Å². The highest BCUT2D eigenvalue weighted by Crippen LogP contribution is 2.19. The maximum absolute atomic E-state index is 12.0. The molecule has 0 radical (unpaired) electrons. The van der Waals surface area contributed by atoms with Crippen LogP contribution in [0.2, 0.25) is 0 Å². The van der Waals surface area contributed by atoms with E-state index in [9.17, 15) is 4.79 Å². The number of carbonyl (C=O) groups excluding carboxylic acids is 1. The lowest BCUT2D eigenvalue weighted by Crippen LogP contribution is -2.38. The van der Waals surface area contributed by atoms with E-state index < -0.39 is 0 Å². The summed E-state index contributed by atoms with van der Waals surface area (Å²) in [6, 6.07) is 8.10. The predicted octanol–water partition coefficient (Wildman–Crippen LogP) is 3.26. The van der Waals surface area contributed by atoms with Gasteiger partial charge in [-0.1, -0.05) is 28.4 Å². The molecule has 1 atom stereocenters. The van der Waals surface area contributed by atoms with Gasteiger partial charge < -0.3 is 10.2 Å². The van der Waals surface area contributed by atoms with Crippen LogP contribution >= 0.6 is 15.9 Å². The number of nitrogens with zero attached hydrogens (tertiary/aromatic N) is 1. The highest BCUT2D eigenvalue weighted by atomic mass is 79.9. The molecule has 2 rings (SSSR count). The second kappa shape index (κ2) is 6.34. The standard InChI is InChI=1S/C14H19BrN2O/c1-17-8-3-2-7-13(17)10-14(18)16-12-6-4-5-11(15)9-12/h4-6,9,13H,2-3,7-8,10H2,1H3,(H,16,18). The summed E-state index contributed by atoms with van der Waals surface area (Å²) in [5.74, 6) is 0.104. The molecule has 1 N–H and O–H groups in total. The Bertz CT molecular complexity index is 422. The molecule has 1 aromatic carbocycles. The first-order chi connectivity index (χ1) is 8.65. The third-order valence-corrected chi connectivity index (χ3v) is 3.94. The Morgan fingerprint density at radius 3 is 3.06 bits per heavy atom. The fourth-order valence-electron chi connectivity index (χ4n) is 2.39. The van der Waals surface area contributed by atoms with Crippen molar-refractivity contribution in [2.45, 2.75) is 31.7 Å². The van der Waals surface area contributed by atoms with Gasteiger partial charge in [-0.15, -0.1) is 0 Å². The first kappa shape index (κ1) is 13.6. The molecule has 18 heavy (non-hydrogen) atoms. The van der Waals surface area contributed by atoms with Crippen molar-refractivity contribution in [3.63, 3.8) is 0 Å². The van der Waals surface area contributed by atoms with Gasteiger partial charge in [0.05, 0.1) is 0 Å². The van der Waals surface area contributed by atoms with Crippen molar-refractivity contribution in [3.05, 3.63) is 28.7 Å². The first-order valence-corrected chi connectivity index (χ1v) is 7.20. The van der Waals surface area contributed by atoms with Gasteiger partial charge in [-0.05, 0) is 44.6 Å². The maximum Gasteiger partial charge on any atom is 0.225 e. The zero-order chi connectivity index (χ0) is 13.0. The molecular formula is C14H19BrN2O. The number of hydrogen-bond donors (Lipinski definition) is 1. The first-order valence-electron chi connectivity index (χ1n) is 6.41. The van der Waals surface area contributed by atoms with Crippen molar-refractivity contribution >= 4 is 27.5 Å². The third kappa shape index (κ3) is 3.82. The van der Waals surface area contributed by atoms with Crippen molar-refractivity contribution < 1.29 is 4.79 Å². The molecule has 1 aliphatic heterocycles. The Hall–Kier alpha value is -0.870. The van der Waals surface area contributed by atoms with Gasteiger partial charge in [-0.25, -0.2) is 0 Å². The average Bonchev–Trinajstić information content (AvgIpc) is 2.32. The van der Waals surface area contributed by atoms with Crippen molar-refractivity contribution in [1.29, 1.82) is 0 Å². The molecule has 0 aromatic heterocycles. The zero-order valence-corrected chi connectivity index (χ0v) is 12.2. The Labute approximate surface area is 117 Å². The molecule has 0 bridgehead atoms. The molecule has 98 valence electrons. The van der Waals surface area contributed by atoms with E-state index >= 15 is 0 Å². The van der Waals surface area contributed by atoms with E-state index in [4.69, 9.17) is 0 Å². The molecule has 4 heteroatoms. The second-order valence-corrected chi connectivity index (χ2v) is 5.81. The largest absolute Gasteiger partial charge is 0.326 e. The smallest absolute Gasteiger partial charge is 0.225 e. The van der Waals surface area contributed by atoms with Gasteiger partial charge in [-0.2, -0.15) is 0 Å². The highest BCUT2D eigenvalue weighted by Gasteiger charge is 2.21.